The van der Waals surface area contributed by atoms with Crippen LogP contribution in [0.4, 0.5) is 0 Å². The maximum Gasteiger partial charge on any atom is 0.203 e. The number of aliphatic hydroxyl groups excluding tert-OH is 1. The van der Waals surface area contributed by atoms with Gasteiger partial charge in [-0.25, -0.2) is 0 Å². The molecule has 1 saturated carbocycles. The second kappa shape index (κ2) is 7.73. The lowest BCUT2D eigenvalue weighted by Gasteiger charge is -2.34. The van der Waals surface area contributed by atoms with E-state index in [0.29, 0.717) is 17.2 Å². The Morgan fingerprint density at radius 2 is 1.71 bits per heavy atom. The summed E-state index contributed by atoms with van der Waals surface area (Å²) < 4.78 is 16.0. The smallest absolute Gasteiger partial charge is 0.203 e. The van der Waals surface area contributed by atoms with Crippen molar-refractivity contribution in [2.45, 2.75) is 31.4 Å². The van der Waals surface area contributed by atoms with E-state index in [1.807, 2.05) is 6.07 Å². The lowest BCUT2D eigenvalue weighted by atomic mass is 9.77. The van der Waals surface area contributed by atoms with Gasteiger partial charge < -0.3 is 25.1 Å². The SMILES string of the molecule is COc1ccc([C@H](N)[C@H](O)C2CCC2)c(OC)c1OC.Cl. The fourth-order valence-electron chi connectivity index (χ4n) is 2.65. The number of halogens is 1. The van der Waals surface area contributed by atoms with Crippen LogP contribution in [0, 0.1) is 5.92 Å². The second-order valence-corrected chi connectivity index (χ2v) is 5.13. The first-order chi connectivity index (χ1) is 9.63. The molecule has 120 valence electrons. The summed E-state index contributed by atoms with van der Waals surface area (Å²) in [6.07, 6.45) is 2.67. The first kappa shape index (κ1) is 17.9. The van der Waals surface area contributed by atoms with Gasteiger partial charge in [-0.2, -0.15) is 0 Å². The van der Waals surface area contributed by atoms with Gasteiger partial charge in [-0.3, -0.25) is 0 Å². The average Bonchev–Trinajstić information content (AvgIpc) is 2.42. The zero-order valence-corrected chi connectivity index (χ0v) is 13.5. The number of hydrogen-bond donors (Lipinski definition) is 2. The lowest BCUT2D eigenvalue weighted by Crippen LogP contribution is -2.36. The van der Waals surface area contributed by atoms with Crippen LogP contribution in [0.3, 0.4) is 0 Å². The molecule has 0 aromatic heterocycles. The summed E-state index contributed by atoms with van der Waals surface area (Å²) in [7, 11) is 4.68. The Hall–Kier alpha value is -1.17. The van der Waals surface area contributed by atoms with E-state index in [9.17, 15) is 5.11 Å². The molecule has 0 amide bonds. The van der Waals surface area contributed by atoms with E-state index in [-0.39, 0.29) is 18.3 Å². The van der Waals surface area contributed by atoms with E-state index in [2.05, 4.69) is 0 Å². The predicted octanol–water partition coefficient (Wildman–Crippen LogP) is 2.30. The van der Waals surface area contributed by atoms with Gasteiger partial charge in [0.05, 0.1) is 33.5 Å². The highest BCUT2D eigenvalue weighted by atomic mass is 35.5. The molecule has 0 unspecified atom stereocenters. The van der Waals surface area contributed by atoms with Crippen molar-refractivity contribution >= 4 is 12.4 Å². The molecule has 5 nitrogen and oxygen atoms in total. The molecule has 0 spiro atoms. The van der Waals surface area contributed by atoms with E-state index < -0.39 is 12.1 Å². The van der Waals surface area contributed by atoms with Crippen LogP contribution in [-0.2, 0) is 0 Å². The molecule has 1 aliphatic rings. The third-order valence-corrected chi connectivity index (χ3v) is 4.09. The van der Waals surface area contributed by atoms with Crippen molar-refractivity contribution in [2.75, 3.05) is 21.3 Å². The number of nitrogens with two attached hydrogens (primary N) is 1. The summed E-state index contributed by atoms with van der Waals surface area (Å²) in [4.78, 5) is 0. The maximum absolute atomic E-state index is 10.3. The van der Waals surface area contributed by atoms with Crippen molar-refractivity contribution in [1.82, 2.24) is 0 Å². The van der Waals surface area contributed by atoms with Gasteiger partial charge in [0.25, 0.3) is 0 Å². The number of aliphatic hydroxyl groups is 1. The van der Waals surface area contributed by atoms with Gasteiger partial charge in [0, 0.05) is 5.56 Å². The third-order valence-electron chi connectivity index (χ3n) is 4.09. The minimum absolute atomic E-state index is 0. The summed E-state index contributed by atoms with van der Waals surface area (Å²) >= 11 is 0. The summed E-state index contributed by atoms with van der Waals surface area (Å²) in [5, 5.41) is 10.3. The Labute approximate surface area is 131 Å². The maximum atomic E-state index is 10.3. The normalized spacial score (nSPS) is 17.2. The number of benzene rings is 1. The monoisotopic (exact) mass is 317 g/mol. The first-order valence-corrected chi connectivity index (χ1v) is 6.86. The molecule has 1 aromatic rings. The molecule has 0 radical (unpaired) electrons. The predicted molar refractivity (Wildman–Crippen MR) is 83.6 cm³/mol. The fraction of sp³-hybridized carbons (Fsp3) is 0.600. The van der Waals surface area contributed by atoms with Gasteiger partial charge in [0.2, 0.25) is 5.75 Å². The van der Waals surface area contributed by atoms with Crippen LogP contribution in [0.5, 0.6) is 17.2 Å². The summed E-state index contributed by atoms with van der Waals surface area (Å²) in [6, 6.07) is 3.12. The molecule has 2 atom stereocenters. The van der Waals surface area contributed by atoms with Crippen molar-refractivity contribution in [3.05, 3.63) is 17.7 Å². The Balaban J connectivity index is 0.00000220. The quantitative estimate of drug-likeness (QED) is 0.842. The second-order valence-electron chi connectivity index (χ2n) is 5.13. The molecular formula is C15H24ClNO4. The van der Waals surface area contributed by atoms with Crippen molar-refractivity contribution < 1.29 is 19.3 Å². The lowest BCUT2D eigenvalue weighted by molar-refractivity contribution is 0.0406. The first-order valence-electron chi connectivity index (χ1n) is 6.86. The minimum atomic E-state index is -0.559. The van der Waals surface area contributed by atoms with E-state index in [4.69, 9.17) is 19.9 Å². The Bertz CT molecular complexity index is 465. The van der Waals surface area contributed by atoms with Crippen molar-refractivity contribution in [2.24, 2.45) is 11.7 Å². The molecule has 21 heavy (non-hydrogen) atoms. The molecule has 0 aliphatic heterocycles. The van der Waals surface area contributed by atoms with Crippen molar-refractivity contribution in [3.63, 3.8) is 0 Å². The zero-order chi connectivity index (χ0) is 14.7. The number of ether oxygens (including phenoxy) is 3. The van der Waals surface area contributed by atoms with Crippen LogP contribution in [0.15, 0.2) is 12.1 Å². The number of methoxy groups -OCH3 is 3. The van der Waals surface area contributed by atoms with Crippen LogP contribution >= 0.6 is 12.4 Å². The van der Waals surface area contributed by atoms with E-state index in [1.54, 1.807) is 27.4 Å². The Kier molecular flexibility index (Phi) is 6.58. The molecule has 1 fully saturated rings. The molecule has 6 heteroatoms. The van der Waals surface area contributed by atoms with Gasteiger partial charge in [-0.05, 0) is 30.9 Å². The third kappa shape index (κ3) is 3.36. The van der Waals surface area contributed by atoms with Gasteiger partial charge in [-0.1, -0.05) is 6.42 Å². The summed E-state index contributed by atoms with van der Waals surface area (Å²) in [5.41, 5.74) is 6.95. The Morgan fingerprint density at radius 3 is 2.14 bits per heavy atom. The van der Waals surface area contributed by atoms with Gasteiger partial charge in [0.1, 0.15) is 0 Å². The summed E-state index contributed by atoms with van der Waals surface area (Å²) in [5.74, 6) is 1.89. The van der Waals surface area contributed by atoms with Gasteiger partial charge in [-0.15, -0.1) is 12.4 Å². The fourth-order valence-corrected chi connectivity index (χ4v) is 2.65. The zero-order valence-electron chi connectivity index (χ0n) is 12.7. The highest BCUT2D eigenvalue weighted by Crippen LogP contribution is 2.44. The number of hydrogen-bond acceptors (Lipinski definition) is 5. The highest BCUT2D eigenvalue weighted by molar-refractivity contribution is 5.85. The minimum Gasteiger partial charge on any atom is -0.493 e. The largest absolute Gasteiger partial charge is 0.493 e. The Morgan fingerprint density at radius 1 is 1.10 bits per heavy atom. The standard InChI is InChI=1S/C15H23NO4.ClH/c1-18-11-8-7-10(14(19-2)15(11)20-3)12(16)13(17)9-5-4-6-9;/h7-9,12-13,17H,4-6,16H2,1-3H3;1H/t12-,13+;/m0./s1. The van der Waals surface area contributed by atoms with Crippen LogP contribution < -0.4 is 19.9 Å². The molecule has 3 N–H and O–H groups in total. The molecule has 2 rings (SSSR count). The van der Waals surface area contributed by atoms with E-state index in [0.717, 1.165) is 24.8 Å². The van der Waals surface area contributed by atoms with Crippen molar-refractivity contribution in [1.29, 1.82) is 0 Å². The molecule has 0 heterocycles. The van der Waals surface area contributed by atoms with Crippen LogP contribution in [0.2, 0.25) is 0 Å². The molecule has 0 bridgehead atoms. The van der Waals surface area contributed by atoms with Crippen LogP contribution in [0.25, 0.3) is 0 Å². The van der Waals surface area contributed by atoms with Gasteiger partial charge >= 0.3 is 0 Å². The molecule has 1 aromatic carbocycles. The molecular weight excluding hydrogens is 294 g/mol. The van der Waals surface area contributed by atoms with E-state index >= 15 is 0 Å². The highest BCUT2D eigenvalue weighted by Gasteiger charge is 2.33. The van der Waals surface area contributed by atoms with E-state index in [1.165, 1.54) is 0 Å². The van der Waals surface area contributed by atoms with Gasteiger partial charge in [0.15, 0.2) is 11.5 Å². The molecule has 1 aliphatic carbocycles. The summed E-state index contributed by atoms with van der Waals surface area (Å²) in [6.45, 7) is 0. The molecule has 0 saturated heterocycles. The van der Waals surface area contributed by atoms with Crippen molar-refractivity contribution in [3.8, 4) is 17.2 Å². The van der Waals surface area contributed by atoms with Crippen LogP contribution in [0.1, 0.15) is 30.9 Å². The average molecular weight is 318 g/mol. The topological polar surface area (TPSA) is 73.9 Å². The number of rotatable bonds is 6. The van der Waals surface area contributed by atoms with Crippen LogP contribution in [-0.4, -0.2) is 32.5 Å².